The number of amides is 1. The molecule has 0 spiro atoms. The fourth-order valence-electron chi connectivity index (χ4n) is 17.2. The lowest BCUT2D eigenvalue weighted by molar-refractivity contribution is -0.348. The van der Waals surface area contributed by atoms with Gasteiger partial charge in [0.1, 0.15) is 126 Å². The number of ketones is 2. The molecule has 7 aliphatic rings. The Hall–Kier alpha value is -8.64. The monoisotopic (exact) mass is 1820 g/mol. The van der Waals surface area contributed by atoms with Crippen LogP contribution in [0, 0.1) is 23.5 Å². The molecule has 4 aromatic carbocycles. The van der Waals surface area contributed by atoms with E-state index < -0.39 is 226 Å². The number of nitrogens with one attached hydrogen (secondary N) is 2. The predicted octanol–water partition coefficient (Wildman–Crippen LogP) is 2.44. The first-order valence-electron chi connectivity index (χ1n) is 44.0. The van der Waals surface area contributed by atoms with Crippen LogP contribution in [0.25, 0.3) is 22.5 Å². The van der Waals surface area contributed by atoms with E-state index in [4.69, 9.17) is 56.8 Å². The number of aliphatic hydroxyl groups is 10. The van der Waals surface area contributed by atoms with E-state index in [-0.39, 0.29) is 91.4 Å². The molecular formula is C89H119F2N9O29. The highest BCUT2D eigenvalue weighted by Crippen LogP contribution is 2.45. The van der Waals surface area contributed by atoms with Crippen molar-refractivity contribution in [3.63, 3.8) is 0 Å². The van der Waals surface area contributed by atoms with Gasteiger partial charge in [-0.3, -0.25) is 14.4 Å². The molecular weight excluding hydrogens is 1700 g/mol. The minimum absolute atomic E-state index is 0.00381. The maximum absolute atomic E-state index is 14.4. The fourth-order valence-corrected chi connectivity index (χ4v) is 17.2. The van der Waals surface area contributed by atoms with Crippen LogP contribution in [0.3, 0.4) is 0 Å². The van der Waals surface area contributed by atoms with Crippen LogP contribution in [0.2, 0.25) is 0 Å². The number of Topliss-reactive ketones (excluding diaryl/α,β-unsaturated/α-hetero) is 2. The Morgan fingerprint density at radius 3 is 1.27 bits per heavy atom. The summed E-state index contributed by atoms with van der Waals surface area (Å²) in [5.74, 6) is -6.22. The number of carboxylic acids is 1. The van der Waals surface area contributed by atoms with Gasteiger partial charge in [0.05, 0.1) is 73.2 Å². The van der Waals surface area contributed by atoms with Crippen LogP contribution < -0.4 is 10.6 Å². The Morgan fingerprint density at radius 2 is 0.899 bits per heavy atom. The SMILES string of the molecule is CCC[C@H](OC1C(OC(=O)c2ccccc2)[C@H](O[C@@H]2CC(C(=O)CCCNC)CC(n3cc(-c4cccc(F)c4)nn3)[C@H]2O[C@@H]2OC(C)[C@@H](O)[C@H](O)C2O)O[C@@H](CO)[C@@H]1O)C(=O)N1CCC1.CCC[C@H](OC1C(OC(=O)c2ccccc2)[C@H](O[C@@H]2CC(C(=O)CCCNC)CC(n3cc(-c4cccc(F)c4)nn3)[C@H]2O[C@@H]2OC(C)[C@@H](O)[C@H](O)C2O)O[C@@H](CO)[C@@H]1O)C(=O)O. The lowest BCUT2D eigenvalue weighted by Crippen LogP contribution is -2.64. The van der Waals surface area contributed by atoms with E-state index in [1.54, 1.807) is 80.6 Å². The molecule has 7 fully saturated rings. The van der Waals surface area contributed by atoms with E-state index in [0.29, 0.717) is 63.0 Å². The third kappa shape index (κ3) is 24.4. The summed E-state index contributed by atoms with van der Waals surface area (Å²) in [5, 5.41) is 143. The fraction of sp³-hybridized carbons (Fsp3) is 0.618. The molecule has 7 heterocycles. The zero-order valence-corrected chi connectivity index (χ0v) is 72.5. The zero-order chi connectivity index (χ0) is 92.4. The topological polar surface area (TPSA) is 524 Å². The number of aliphatic carboxylic acids is 1. The van der Waals surface area contributed by atoms with Crippen LogP contribution in [0.1, 0.15) is 144 Å². The minimum Gasteiger partial charge on any atom is -0.479 e. The molecule has 129 heavy (non-hydrogen) atoms. The van der Waals surface area contributed by atoms with Crippen molar-refractivity contribution >= 4 is 35.4 Å². The summed E-state index contributed by atoms with van der Waals surface area (Å²) >= 11 is 0. The molecule has 0 radical (unpaired) electrons. The summed E-state index contributed by atoms with van der Waals surface area (Å²) in [6.45, 7) is 7.16. The standard InChI is InChI=1S/C46H62FN5O14.C43H57FN4O15/c1-4-11-33(43(59)51-18-10-19-51)62-41-37(56)35(24-53)64-46(42(41)65-44(60)26-12-6-5-7-13-26)63-34-22-28(32(54)16-9-17-48-3)21-31(40(34)66-45-39(58)38(57)36(55)25(2)61-45)52-23-30(49-50-52)27-14-8-15-29(47)20-27;1-4-10-30(40(55)56)59-38-34(52)32(21-49)61-43(39(38)62-41(57)23-11-6-5-7-12-23)60-31-19-25(29(50)15-9-16-45-3)18-28(37(31)63-42-36(54)35(53)33(51)22(2)58-42)48-20-27(46-47-48)24-13-8-14-26(44)17-24/h5-8,12-15,20,23,25,28,31,33-42,45-46,48,53,55-58H,4,9-11,16-19,21-22,24H2,1-3H3;5-8,11-14,17,20,22,25,28,30-39,42-43,45,49,51-54H,4,9-10,15-16,18-19,21H2,1-3H3,(H,55,56)/t25?,28?,31?,33-,34+,35-,36+,37-,38-,39?,40+,41?,42?,45-,46+;22?,25?,28?,30-,31+,32-,33+,34-,35-,36?,37+,38?,39?,42-,43+/m00/s1. The molecule has 2 saturated carbocycles. The molecule has 2 aromatic heterocycles. The van der Waals surface area contributed by atoms with Gasteiger partial charge in [-0.15, -0.1) is 10.2 Å². The Bertz CT molecular complexity index is 4590. The molecule has 5 aliphatic heterocycles. The summed E-state index contributed by atoms with van der Waals surface area (Å²) in [7, 11) is 3.53. The number of hydrogen-bond acceptors (Lipinski definition) is 34. The Kier molecular flexibility index (Phi) is 35.9. The smallest absolute Gasteiger partial charge is 0.338 e. The average Bonchev–Trinajstić information content (AvgIpc) is 1.53. The molecule has 2 aliphatic carbocycles. The van der Waals surface area contributed by atoms with Gasteiger partial charge in [0, 0.05) is 48.9 Å². The highest BCUT2D eigenvalue weighted by molar-refractivity contribution is 5.90. The number of hydrogen-bond donors (Lipinski definition) is 13. The Morgan fingerprint density at radius 1 is 0.488 bits per heavy atom. The van der Waals surface area contributed by atoms with Crippen molar-refractivity contribution in [1.82, 2.24) is 45.5 Å². The number of esters is 2. The first-order valence-corrected chi connectivity index (χ1v) is 44.0. The van der Waals surface area contributed by atoms with Crippen molar-refractivity contribution in [3.8, 4) is 22.5 Å². The highest BCUT2D eigenvalue weighted by atomic mass is 19.1. The number of nitrogens with zero attached hydrogens (tertiary/aromatic N) is 7. The van der Waals surface area contributed by atoms with E-state index in [2.05, 4.69) is 31.3 Å². The minimum atomic E-state index is -1.79. The van der Waals surface area contributed by atoms with Crippen LogP contribution in [0.15, 0.2) is 122 Å². The van der Waals surface area contributed by atoms with Gasteiger partial charge >= 0.3 is 17.9 Å². The van der Waals surface area contributed by atoms with Crippen LogP contribution in [0.5, 0.6) is 0 Å². The van der Waals surface area contributed by atoms with Crippen molar-refractivity contribution in [1.29, 1.82) is 0 Å². The van der Waals surface area contributed by atoms with Crippen LogP contribution >= 0.6 is 0 Å². The summed E-state index contributed by atoms with van der Waals surface area (Å²) in [5.41, 5.74) is 1.57. The molecule has 5 saturated heterocycles. The van der Waals surface area contributed by atoms with Crippen LogP contribution in [-0.2, 0) is 76.0 Å². The molecule has 0 bridgehead atoms. The first kappa shape index (κ1) is 99.4. The number of carbonyl (C=O) groups is 6. The number of halogens is 2. The van der Waals surface area contributed by atoms with E-state index in [1.165, 1.54) is 90.1 Å². The maximum Gasteiger partial charge on any atom is 0.338 e. The summed E-state index contributed by atoms with van der Waals surface area (Å²) < 4.78 is 107. The summed E-state index contributed by atoms with van der Waals surface area (Å²) in [6, 6.07) is 25.3. The summed E-state index contributed by atoms with van der Waals surface area (Å²) in [4.78, 5) is 83.7. The zero-order valence-electron chi connectivity index (χ0n) is 72.5. The molecule has 30 atom stereocenters. The first-order chi connectivity index (χ1) is 62.0. The molecule has 13 N–H and O–H groups in total. The number of benzene rings is 4. The van der Waals surface area contributed by atoms with Crippen LogP contribution in [-0.4, -0.2) is 339 Å². The van der Waals surface area contributed by atoms with Crippen molar-refractivity contribution in [2.24, 2.45) is 11.8 Å². The highest BCUT2D eigenvalue weighted by Gasteiger charge is 2.58. The number of carboxylic acid groups (broad SMARTS) is 1. The molecule has 38 nitrogen and oxygen atoms in total. The summed E-state index contributed by atoms with van der Waals surface area (Å²) in [6.07, 6.45) is -32.4. The van der Waals surface area contributed by atoms with Gasteiger partial charge in [0.2, 0.25) is 0 Å². The van der Waals surface area contributed by atoms with Gasteiger partial charge in [-0.25, -0.2) is 32.5 Å². The predicted molar refractivity (Wildman–Crippen MR) is 446 cm³/mol. The maximum atomic E-state index is 14.4. The van der Waals surface area contributed by atoms with Crippen molar-refractivity contribution in [2.45, 2.75) is 283 Å². The lowest BCUT2D eigenvalue weighted by atomic mass is 9.78. The van der Waals surface area contributed by atoms with Crippen LogP contribution in [0.4, 0.5) is 8.78 Å². The molecule has 12 unspecified atom stereocenters. The Labute approximate surface area is 743 Å². The van der Waals surface area contributed by atoms with Gasteiger partial charge in [-0.1, -0.05) is 97.8 Å². The molecule has 13 rings (SSSR count). The number of rotatable bonds is 38. The van der Waals surface area contributed by atoms with E-state index in [9.17, 15) is 93.7 Å². The second-order valence-electron chi connectivity index (χ2n) is 33.6. The van der Waals surface area contributed by atoms with Gasteiger partial charge in [-0.05, 0) is 147 Å². The number of likely N-dealkylation sites (tertiary alicyclic amines) is 1. The third-order valence-electron chi connectivity index (χ3n) is 24.5. The van der Waals surface area contributed by atoms with Gasteiger partial charge in [0.25, 0.3) is 5.91 Å². The normalized spacial score (nSPS) is 32.8. The third-order valence-corrected chi connectivity index (χ3v) is 24.5. The number of aliphatic hydroxyl groups excluding tert-OH is 10. The van der Waals surface area contributed by atoms with Crippen molar-refractivity contribution < 1.29 is 151 Å². The molecule has 6 aromatic rings. The van der Waals surface area contributed by atoms with E-state index in [0.717, 1.165) is 6.42 Å². The molecule has 1 amide bonds. The largest absolute Gasteiger partial charge is 0.479 e. The lowest BCUT2D eigenvalue weighted by Gasteiger charge is -2.49. The van der Waals surface area contributed by atoms with E-state index >= 15 is 0 Å². The van der Waals surface area contributed by atoms with Gasteiger partial charge < -0.3 is 129 Å². The van der Waals surface area contributed by atoms with E-state index in [1.807, 2.05) is 6.92 Å². The second-order valence-corrected chi connectivity index (χ2v) is 33.6. The quantitative estimate of drug-likeness (QED) is 0.0195. The average molecular weight is 1820 g/mol. The van der Waals surface area contributed by atoms with Gasteiger partial charge in [0.15, 0.2) is 43.5 Å². The van der Waals surface area contributed by atoms with Crippen molar-refractivity contribution in [2.75, 3.05) is 53.5 Å². The van der Waals surface area contributed by atoms with Crippen molar-refractivity contribution in [3.05, 3.63) is 144 Å². The number of aromatic nitrogens is 6. The molecule has 708 valence electrons. The van der Waals surface area contributed by atoms with Gasteiger partial charge in [-0.2, -0.15) is 0 Å². The number of ether oxygens (including phenoxy) is 12. The second kappa shape index (κ2) is 46.6. The Balaban J connectivity index is 0.000000234. The number of carbonyl (C=O) groups excluding carboxylic acids is 5. The molecule has 40 heteroatoms.